The van der Waals surface area contributed by atoms with Crippen molar-refractivity contribution in [2.45, 2.75) is 39.3 Å². The minimum absolute atomic E-state index is 0.0533. The smallest absolute Gasteiger partial charge is 0.416 e. The largest absolute Gasteiger partial charge is 0.497 e. The van der Waals surface area contributed by atoms with E-state index in [1.165, 1.54) is 23.3 Å². The van der Waals surface area contributed by atoms with Crippen LogP contribution >= 0.6 is 11.3 Å². The summed E-state index contributed by atoms with van der Waals surface area (Å²) in [5, 5.41) is 2.19. The van der Waals surface area contributed by atoms with Crippen molar-refractivity contribution in [1.29, 1.82) is 0 Å². The number of methoxy groups -OCH3 is 2. The first-order chi connectivity index (χ1) is 12.7. The van der Waals surface area contributed by atoms with Crippen LogP contribution in [0.25, 0.3) is 0 Å². The predicted molar refractivity (Wildman–Crippen MR) is 103 cm³/mol. The second-order valence-corrected chi connectivity index (χ2v) is 7.63. The summed E-state index contributed by atoms with van der Waals surface area (Å²) in [6, 6.07) is 7.40. The highest BCUT2D eigenvalue weighted by Gasteiger charge is 2.26. The van der Waals surface area contributed by atoms with Gasteiger partial charge in [-0.15, -0.1) is 11.3 Å². The number of hydrogen-bond acceptors (Lipinski definition) is 7. The Morgan fingerprint density at radius 1 is 1.15 bits per heavy atom. The van der Waals surface area contributed by atoms with Gasteiger partial charge in [0.2, 0.25) is 0 Å². The minimum Gasteiger partial charge on any atom is -0.497 e. The molecule has 1 aromatic carbocycles. The lowest BCUT2D eigenvalue weighted by molar-refractivity contribution is -0.139. The first-order valence-electron chi connectivity index (χ1n) is 8.36. The van der Waals surface area contributed by atoms with Gasteiger partial charge in [-0.1, -0.05) is 12.1 Å². The molecule has 8 heteroatoms. The van der Waals surface area contributed by atoms with Crippen molar-refractivity contribution < 1.29 is 23.8 Å². The van der Waals surface area contributed by atoms with E-state index < -0.39 is 11.7 Å². The summed E-state index contributed by atoms with van der Waals surface area (Å²) in [5.74, 6) is 0.350. The molecule has 0 aliphatic rings. The maximum Gasteiger partial charge on any atom is 0.416 e. The van der Waals surface area contributed by atoms with Gasteiger partial charge in [0.15, 0.2) is 5.13 Å². The van der Waals surface area contributed by atoms with Crippen LogP contribution in [0, 0.1) is 0 Å². The van der Waals surface area contributed by atoms with Gasteiger partial charge in [-0.25, -0.2) is 14.7 Å². The van der Waals surface area contributed by atoms with Crippen LogP contribution in [-0.4, -0.2) is 36.9 Å². The molecule has 0 bridgehead atoms. The number of ether oxygens (including phenoxy) is 3. The molecule has 2 aromatic rings. The van der Waals surface area contributed by atoms with Gasteiger partial charge in [-0.2, -0.15) is 0 Å². The molecule has 0 saturated carbocycles. The van der Waals surface area contributed by atoms with Crippen LogP contribution in [0.3, 0.4) is 0 Å². The molecule has 0 saturated heterocycles. The Bertz CT molecular complexity index is 780. The maximum absolute atomic E-state index is 12.7. The van der Waals surface area contributed by atoms with Crippen LogP contribution < -0.4 is 9.64 Å². The van der Waals surface area contributed by atoms with Crippen LogP contribution in [0.5, 0.6) is 5.75 Å². The molecular formula is C19H24N2O5S. The van der Waals surface area contributed by atoms with E-state index in [0.29, 0.717) is 10.8 Å². The average Bonchev–Trinajstić information content (AvgIpc) is 3.06. The van der Waals surface area contributed by atoms with Gasteiger partial charge in [0, 0.05) is 5.38 Å². The average molecular weight is 392 g/mol. The highest BCUT2D eigenvalue weighted by molar-refractivity contribution is 7.14. The molecule has 0 spiro atoms. The zero-order chi connectivity index (χ0) is 20.0. The van der Waals surface area contributed by atoms with Gasteiger partial charge in [-0.3, -0.25) is 4.79 Å². The normalized spacial score (nSPS) is 11.0. The molecule has 0 fully saturated rings. The SMILES string of the molecule is COC(=O)Cc1csc(N(Cc2ccc(OC)cc2)C(=O)OC(C)(C)C)n1. The lowest BCUT2D eigenvalue weighted by Gasteiger charge is -2.26. The molecule has 0 atom stereocenters. The van der Waals surface area contributed by atoms with Gasteiger partial charge in [0.05, 0.1) is 32.9 Å². The molecule has 146 valence electrons. The number of aromatic nitrogens is 1. The van der Waals surface area contributed by atoms with Gasteiger partial charge >= 0.3 is 12.1 Å². The van der Waals surface area contributed by atoms with Crippen molar-refractivity contribution in [3.63, 3.8) is 0 Å². The molecular weight excluding hydrogens is 368 g/mol. The minimum atomic E-state index is -0.638. The summed E-state index contributed by atoms with van der Waals surface area (Å²) < 4.78 is 15.3. The number of benzene rings is 1. The fraction of sp³-hybridized carbons (Fsp3) is 0.421. The van der Waals surface area contributed by atoms with Crippen LogP contribution in [-0.2, 0) is 27.2 Å². The number of esters is 1. The lowest BCUT2D eigenvalue weighted by Crippen LogP contribution is -2.36. The second kappa shape index (κ2) is 8.85. The van der Waals surface area contributed by atoms with E-state index in [-0.39, 0.29) is 18.9 Å². The molecule has 0 radical (unpaired) electrons. The van der Waals surface area contributed by atoms with E-state index in [1.54, 1.807) is 33.3 Å². The van der Waals surface area contributed by atoms with E-state index in [4.69, 9.17) is 9.47 Å². The summed E-state index contributed by atoms with van der Waals surface area (Å²) in [6.07, 6.45) is -0.449. The number of amides is 1. The standard InChI is InChI=1S/C19H24N2O5S/c1-19(2,3)26-18(23)21(11-13-6-8-15(24-4)9-7-13)17-20-14(12-27-17)10-16(22)25-5/h6-9,12H,10-11H2,1-5H3. The molecule has 2 rings (SSSR count). The number of rotatable bonds is 6. The number of carbonyl (C=O) groups is 2. The number of hydrogen-bond donors (Lipinski definition) is 0. The van der Waals surface area contributed by atoms with E-state index in [2.05, 4.69) is 9.72 Å². The fourth-order valence-corrected chi connectivity index (χ4v) is 2.98. The Hall–Kier alpha value is -2.61. The van der Waals surface area contributed by atoms with Gasteiger partial charge in [0.1, 0.15) is 11.4 Å². The zero-order valence-corrected chi connectivity index (χ0v) is 17.0. The van der Waals surface area contributed by atoms with Crippen LogP contribution in [0.2, 0.25) is 0 Å². The third kappa shape index (κ3) is 6.25. The predicted octanol–water partition coefficient (Wildman–Crippen LogP) is 3.81. The fourth-order valence-electron chi connectivity index (χ4n) is 2.16. The van der Waals surface area contributed by atoms with Crippen molar-refractivity contribution in [3.05, 3.63) is 40.9 Å². The summed E-state index contributed by atoms with van der Waals surface area (Å²) in [4.78, 5) is 30.0. The quantitative estimate of drug-likeness (QED) is 0.696. The molecule has 0 unspecified atom stereocenters. The lowest BCUT2D eigenvalue weighted by atomic mass is 10.2. The molecule has 27 heavy (non-hydrogen) atoms. The molecule has 0 N–H and O–H groups in total. The van der Waals surface area contributed by atoms with Crippen LogP contribution in [0.4, 0.5) is 9.93 Å². The Morgan fingerprint density at radius 2 is 1.81 bits per heavy atom. The van der Waals surface area contributed by atoms with Gasteiger partial charge in [-0.05, 0) is 38.5 Å². The Kier molecular flexibility index (Phi) is 6.79. The summed E-state index contributed by atoms with van der Waals surface area (Å²) in [6.45, 7) is 5.70. The highest BCUT2D eigenvalue weighted by Crippen LogP contribution is 2.26. The van der Waals surface area contributed by atoms with Crippen LogP contribution in [0.1, 0.15) is 32.0 Å². The molecule has 1 amide bonds. The first-order valence-corrected chi connectivity index (χ1v) is 9.24. The third-order valence-electron chi connectivity index (χ3n) is 3.44. The Balaban J connectivity index is 2.25. The molecule has 1 heterocycles. The maximum atomic E-state index is 12.7. The zero-order valence-electron chi connectivity index (χ0n) is 16.1. The van der Waals surface area contributed by atoms with Crippen molar-refractivity contribution in [3.8, 4) is 5.75 Å². The number of nitrogens with zero attached hydrogens (tertiary/aromatic N) is 2. The second-order valence-electron chi connectivity index (χ2n) is 6.79. The summed E-state index contributed by atoms with van der Waals surface area (Å²) in [7, 11) is 2.92. The third-order valence-corrected chi connectivity index (χ3v) is 4.35. The number of anilines is 1. The van der Waals surface area contributed by atoms with E-state index in [9.17, 15) is 9.59 Å². The van der Waals surface area contributed by atoms with E-state index >= 15 is 0 Å². The van der Waals surface area contributed by atoms with Crippen molar-refractivity contribution >= 4 is 28.5 Å². The summed E-state index contributed by atoms with van der Waals surface area (Å²) in [5.41, 5.74) is 0.804. The van der Waals surface area contributed by atoms with Gasteiger partial charge < -0.3 is 14.2 Å². The van der Waals surface area contributed by atoms with Gasteiger partial charge in [0.25, 0.3) is 0 Å². The number of thiazole rings is 1. The van der Waals surface area contributed by atoms with Crippen molar-refractivity contribution in [1.82, 2.24) is 4.98 Å². The molecule has 0 aliphatic carbocycles. The summed E-state index contributed by atoms with van der Waals surface area (Å²) >= 11 is 1.27. The molecule has 0 aliphatic heterocycles. The van der Waals surface area contributed by atoms with E-state index in [1.807, 2.05) is 24.3 Å². The Morgan fingerprint density at radius 3 is 2.37 bits per heavy atom. The topological polar surface area (TPSA) is 78.0 Å². The van der Waals surface area contributed by atoms with Crippen molar-refractivity contribution in [2.75, 3.05) is 19.1 Å². The Labute approximate surface area is 162 Å². The van der Waals surface area contributed by atoms with Crippen molar-refractivity contribution in [2.24, 2.45) is 0 Å². The molecule has 1 aromatic heterocycles. The first kappa shape index (κ1) is 20.7. The monoisotopic (exact) mass is 392 g/mol. The highest BCUT2D eigenvalue weighted by atomic mass is 32.1. The molecule has 7 nitrogen and oxygen atoms in total. The number of carbonyl (C=O) groups excluding carboxylic acids is 2. The van der Waals surface area contributed by atoms with E-state index in [0.717, 1.165) is 11.3 Å². The van der Waals surface area contributed by atoms with Crippen LogP contribution in [0.15, 0.2) is 29.6 Å².